The molecule has 4 aliphatic heterocycles. The second kappa shape index (κ2) is 16.0. The summed E-state index contributed by atoms with van der Waals surface area (Å²) in [6.07, 6.45) is -7.15. The van der Waals surface area contributed by atoms with E-state index >= 15 is 0 Å². The molecule has 13 heteroatoms. The number of Topliss-reactive ketones (excluding diaryl/α,β-unsaturated/α-hetero) is 1. The number of ether oxygens (including phenoxy) is 7. The lowest BCUT2D eigenvalue weighted by Crippen LogP contribution is -2.57. The van der Waals surface area contributed by atoms with Crippen LogP contribution in [0.1, 0.15) is 74.7 Å². The number of epoxide rings is 1. The van der Waals surface area contributed by atoms with Gasteiger partial charge in [-0.05, 0) is 60.5 Å². The van der Waals surface area contributed by atoms with Crippen molar-refractivity contribution in [1.29, 1.82) is 0 Å². The van der Waals surface area contributed by atoms with Crippen molar-refractivity contribution in [1.82, 2.24) is 4.90 Å². The Labute approximate surface area is 285 Å². The summed E-state index contributed by atoms with van der Waals surface area (Å²) in [6, 6.07) is -0.219. The molecule has 0 amide bonds. The third-order valence-corrected chi connectivity index (χ3v) is 11.4. The van der Waals surface area contributed by atoms with E-state index < -0.39 is 96.7 Å². The summed E-state index contributed by atoms with van der Waals surface area (Å²) in [5.41, 5.74) is -1.10. The average Bonchev–Trinajstić information content (AvgIpc) is 3.82. The van der Waals surface area contributed by atoms with Gasteiger partial charge in [0.05, 0.1) is 49.1 Å². The number of nitrogens with zero attached hydrogens (tertiary/aromatic N) is 1. The number of methoxy groups -OCH3 is 1. The fourth-order valence-corrected chi connectivity index (χ4v) is 7.89. The summed E-state index contributed by atoms with van der Waals surface area (Å²) in [6.45, 7) is 14.6. The van der Waals surface area contributed by atoms with E-state index in [1.165, 1.54) is 7.11 Å². The largest absolute Gasteiger partial charge is 0.462 e. The van der Waals surface area contributed by atoms with E-state index in [0.29, 0.717) is 6.42 Å². The number of esters is 1. The molecule has 0 aromatic carbocycles. The summed E-state index contributed by atoms with van der Waals surface area (Å²) >= 11 is 0. The molecular formula is C35H61NO12. The Bertz CT molecular complexity index is 1090. The molecular weight excluding hydrogens is 626 g/mol. The van der Waals surface area contributed by atoms with E-state index in [-0.39, 0.29) is 43.3 Å². The number of ketones is 1. The molecule has 0 unspecified atom stereocenters. The lowest BCUT2D eigenvalue weighted by Gasteiger charge is -2.46. The van der Waals surface area contributed by atoms with Crippen LogP contribution in [-0.2, 0) is 42.7 Å². The van der Waals surface area contributed by atoms with Crippen LogP contribution in [0.2, 0.25) is 0 Å². The number of cyclic esters (lactones) is 1. The van der Waals surface area contributed by atoms with Crippen LogP contribution in [0.15, 0.2) is 0 Å². The number of aliphatic hydroxyl groups excluding tert-OH is 3. The minimum atomic E-state index is -1.10. The van der Waals surface area contributed by atoms with Crippen molar-refractivity contribution in [2.75, 3.05) is 27.8 Å². The monoisotopic (exact) mass is 687 g/mol. The predicted octanol–water partition coefficient (Wildman–Crippen LogP) is 1.91. The zero-order chi connectivity index (χ0) is 35.8. The standard InChI is InChI=1S/C35H61NO12/c1-16-14-35(15-43-35)32(40)19(4)27(37)18(3)22(7)46-33(41)21(6)31(47-26-13-25(42-11)28(38)23(8)45-26)20(5)30(16)48-34-29(39)24(36(9)10)12-17(2)44-34/h16-31,34,37-39H,12-15H2,1-11H3/t16-,17+,18-,19+,20-,21-,22+,23+,24-,25+,26-,27-,28-,29+,30-,31-,34-,35+/m0/s1. The molecule has 0 bridgehead atoms. The quantitative estimate of drug-likeness (QED) is 0.274. The molecule has 0 radical (unpaired) electrons. The van der Waals surface area contributed by atoms with Crippen molar-refractivity contribution in [3.63, 3.8) is 0 Å². The number of hydrogen-bond acceptors (Lipinski definition) is 13. The fraction of sp³-hybridized carbons (Fsp3) is 0.943. The van der Waals surface area contributed by atoms with Crippen LogP contribution >= 0.6 is 0 Å². The van der Waals surface area contributed by atoms with Crippen LogP contribution in [0.4, 0.5) is 0 Å². The zero-order valence-corrected chi connectivity index (χ0v) is 30.6. The molecule has 0 saturated carbocycles. The first-order chi connectivity index (χ1) is 22.4. The third kappa shape index (κ3) is 8.43. The molecule has 0 aliphatic carbocycles. The molecule has 4 fully saturated rings. The Morgan fingerprint density at radius 1 is 0.792 bits per heavy atom. The Morgan fingerprint density at radius 2 is 1.44 bits per heavy atom. The highest BCUT2D eigenvalue weighted by atomic mass is 16.7. The molecule has 4 rings (SSSR count). The van der Waals surface area contributed by atoms with E-state index in [9.17, 15) is 24.9 Å². The highest BCUT2D eigenvalue weighted by Crippen LogP contribution is 2.43. The molecule has 278 valence electrons. The first-order valence-corrected chi connectivity index (χ1v) is 17.7. The van der Waals surface area contributed by atoms with E-state index in [4.69, 9.17) is 33.2 Å². The maximum absolute atomic E-state index is 13.9. The first-order valence-electron chi connectivity index (χ1n) is 17.7. The molecule has 4 heterocycles. The van der Waals surface area contributed by atoms with Crippen molar-refractivity contribution in [2.24, 2.45) is 29.6 Å². The first kappa shape index (κ1) is 39.5. The van der Waals surface area contributed by atoms with E-state index in [1.54, 1.807) is 34.6 Å². The van der Waals surface area contributed by atoms with Crippen molar-refractivity contribution in [2.45, 2.75) is 154 Å². The predicted molar refractivity (Wildman–Crippen MR) is 174 cm³/mol. The van der Waals surface area contributed by atoms with E-state index in [2.05, 4.69) is 0 Å². The van der Waals surface area contributed by atoms with Crippen LogP contribution in [0.25, 0.3) is 0 Å². The van der Waals surface area contributed by atoms with Gasteiger partial charge in [-0.25, -0.2) is 0 Å². The second-order valence-corrected chi connectivity index (χ2v) is 15.3. The molecule has 4 saturated heterocycles. The van der Waals surface area contributed by atoms with Gasteiger partial charge in [0, 0.05) is 37.3 Å². The minimum Gasteiger partial charge on any atom is -0.462 e. The molecule has 13 nitrogen and oxygen atoms in total. The number of carbonyl (C=O) groups is 2. The zero-order valence-electron chi connectivity index (χ0n) is 30.6. The van der Waals surface area contributed by atoms with Crippen LogP contribution in [0.3, 0.4) is 0 Å². The number of likely N-dealkylation sites (N-methyl/N-ethyl adjacent to an activating group) is 1. The van der Waals surface area contributed by atoms with Gasteiger partial charge in [0.2, 0.25) is 0 Å². The van der Waals surface area contributed by atoms with Gasteiger partial charge in [0.1, 0.15) is 18.3 Å². The van der Waals surface area contributed by atoms with E-state index in [1.807, 2.05) is 39.8 Å². The lowest BCUT2D eigenvalue weighted by atomic mass is 9.76. The number of rotatable bonds is 6. The summed E-state index contributed by atoms with van der Waals surface area (Å²) in [4.78, 5) is 29.7. The molecule has 0 aromatic heterocycles. The maximum atomic E-state index is 13.9. The number of carbonyl (C=O) groups excluding carboxylic acids is 2. The van der Waals surface area contributed by atoms with Crippen molar-refractivity contribution in [3.8, 4) is 0 Å². The average molecular weight is 688 g/mol. The Balaban J connectivity index is 1.75. The van der Waals surface area contributed by atoms with Crippen molar-refractivity contribution in [3.05, 3.63) is 0 Å². The van der Waals surface area contributed by atoms with Crippen LogP contribution < -0.4 is 0 Å². The van der Waals surface area contributed by atoms with Gasteiger partial charge >= 0.3 is 5.97 Å². The summed E-state index contributed by atoms with van der Waals surface area (Å²) in [5.74, 6) is -3.74. The van der Waals surface area contributed by atoms with Crippen molar-refractivity contribution < 1.29 is 58.1 Å². The highest BCUT2D eigenvalue weighted by molar-refractivity contribution is 5.92. The second-order valence-electron chi connectivity index (χ2n) is 15.3. The Morgan fingerprint density at radius 3 is 2.02 bits per heavy atom. The lowest BCUT2D eigenvalue weighted by molar-refractivity contribution is -0.299. The molecule has 4 aliphatic rings. The van der Waals surface area contributed by atoms with Gasteiger partial charge in [-0.3, -0.25) is 9.59 Å². The minimum absolute atomic E-state index is 0.198. The molecule has 18 atom stereocenters. The van der Waals surface area contributed by atoms with Crippen molar-refractivity contribution >= 4 is 11.8 Å². The summed E-state index contributed by atoms with van der Waals surface area (Å²) in [5, 5.41) is 33.3. The maximum Gasteiger partial charge on any atom is 0.311 e. The van der Waals surface area contributed by atoms with Crippen LogP contribution in [0, 0.1) is 29.6 Å². The Kier molecular flexibility index (Phi) is 13.1. The van der Waals surface area contributed by atoms with Gasteiger partial charge in [-0.15, -0.1) is 0 Å². The van der Waals surface area contributed by atoms with Crippen LogP contribution in [-0.4, -0.2) is 139 Å². The molecule has 48 heavy (non-hydrogen) atoms. The molecule has 0 aromatic rings. The summed E-state index contributed by atoms with van der Waals surface area (Å²) < 4.78 is 43.0. The molecule has 3 N–H and O–H groups in total. The SMILES string of the molecule is CO[C@@H]1C[C@H](O[C@H]2[C@@H](C)[C@@H](O[C@@H]3O[C@H](C)C[C@H](N(C)C)[C@H]3O)[C@@H](C)C[C@@]3(CO3)C(=O)[C@H](C)[C@@H](O)[C@@H](C)[C@@H](C)OC(=O)[C@H]2C)O[C@H](C)[C@@H]1O. The normalized spacial score (nSPS) is 49.9. The van der Waals surface area contributed by atoms with Gasteiger partial charge in [-0.2, -0.15) is 0 Å². The van der Waals surface area contributed by atoms with Gasteiger partial charge < -0.3 is 53.4 Å². The fourth-order valence-electron chi connectivity index (χ4n) is 7.89. The third-order valence-electron chi connectivity index (χ3n) is 11.4. The summed E-state index contributed by atoms with van der Waals surface area (Å²) in [7, 11) is 5.32. The number of hydrogen-bond donors (Lipinski definition) is 3. The molecule has 1 spiro atoms. The van der Waals surface area contributed by atoms with Crippen LogP contribution in [0.5, 0.6) is 0 Å². The van der Waals surface area contributed by atoms with Gasteiger partial charge in [-0.1, -0.05) is 27.7 Å². The Hall–Kier alpha value is -1.26. The van der Waals surface area contributed by atoms with Gasteiger partial charge in [0.15, 0.2) is 24.0 Å². The number of aliphatic hydroxyl groups is 3. The smallest absolute Gasteiger partial charge is 0.311 e. The topological polar surface area (TPSA) is 166 Å². The van der Waals surface area contributed by atoms with Gasteiger partial charge in [0.25, 0.3) is 0 Å². The van der Waals surface area contributed by atoms with E-state index in [0.717, 1.165) is 0 Å². The highest BCUT2D eigenvalue weighted by Gasteiger charge is 2.57.